The van der Waals surface area contributed by atoms with Crippen molar-refractivity contribution in [1.82, 2.24) is 15.5 Å². The maximum Gasteiger partial charge on any atom is 0.191 e. The van der Waals surface area contributed by atoms with Crippen molar-refractivity contribution in [2.75, 3.05) is 40.4 Å². The van der Waals surface area contributed by atoms with Gasteiger partial charge < -0.3 is 15.4 Å². The Labute approximate surface area is 166 Å². The summed E-state index contributed by atoms with van der Waals surface area (Å²) >= 11 is 1.89. The predicted molar refractivity (Wildman–Crippen MR) is 113 cm³/mol. The molecule has 3 rings (SSSR count). The van der Waals surface area contributed by atoms with Gasteiger partial charge in [-0.3, -0.25) is 9.89 Å². The van der Waals surface area contributed by atoms with Crippen LogP contribution in [-0.2, 0) is 17.7 Å². The Hall–Kier alpha value is -1.89. The second-order valence-electron chi connectivity index (χ2n) is 6.74. The number of benzene rings is 1. The Morgan fingerprint density at radius 2 is 2.11 bits per heavy atom. The molecule has 0 fully saturated rings. The van der Waals surface area contributed by atoms with Gasteiger partial charge >= 0.3 is 0 Å². The van der Waals surface area contributed by atoms with Crippen molar-refractivity contribution in [3.05, 3.63) is 57.8 Å². The van der Waals surface area contributed by atoms with E-state index in [4.69, 9.17) is 4.74 Å². The molecule has 5 nitrogen and oxygen atoms in total. The summed E-state index contributed by atoms with van der Waals surface area (Å²) in [7, 11) is 3.55. The maximum absolute atomic E-state index is 5.11. The fraction of sp³-hybridized carbons (Fsp3) is 0.476. The SMILES string of the molecule is CN=C(NCCCOC)NCC(c1ccccc1)N1CCc2sccc2C1. The lowest BCUT2D eigenvalue weighted by atomic mass is 10.0. The molecule has 2 N–H and O–H groups in total. The van der Waals surface area contributed by atoms with Crippen molar-refractivity contribution in [2.45, 2.75) is 25.4 Å². The topological polar surface area (TPSA) is 48.9 Å². The lowest BCUT2D eigenvalue weighted by Gasteiger charge is -2.35. The van der Waals surface area contributed by atoms with Crippen molar-refractivity contribution in [1.29, 1.82) is 0 Å². The summed E-state index contributed by atoms with van der Waals surface area (Å²) in [6, 6.07) is 13.4. The van der Waals surface area contributed by atoms with Gasteiger partial charge in [-0.1, -0.05) is 30.3 Å². The van der Waals surface area contributed by atoms with Crippen LogP contribution in [0.25, 0.3) is 0 Å². The summed E-state index contributed by atoms with van der Waals surface area (Å²) in [6.45, 7) is 4.54. The Bertz CT molecular complexity index is 716. The van der Waals surface area contributed by atoms with Gasteiger partial charge in [0.05, 0.1) is 6.04 Å². The highest BCUT2D eigenvalue weighted by Gasteiger charge is 2.25. The van der Waals surface area contributed by atoms with E-state index in [9.17, 15) is 0 Å². The highest BCUT2D eigenvalue weighted by molar-refractivity contribution is 7.10. The second kappa shape index (κ2) is 10.4. The number of hydrogen-bond acceptors (Lipinski definition) is 4. The van der Waals surface area contributed by atoms with Gasteiger partial charge in [0.2, 0.25) is 0 Å². The van der Waals surface area contributed by atoms with E-state index in [2.05, 4.69) is 62.3 Å². The first-order valence-electron chi connectivity index (χ1n) is 9.59. The van der Waals surface area contributed by atoms with Gasteiger partial charge in [-0.2, -0.15) is 0 Å². The molecular weight excluding hydrogens is 356 g/mol. The molecule has 27 heavy (non-hydrogen) atoms. The number of hydrogen-bond donors (Lipinski definition) is 2. The Morgan fingerprint density at radius 1 is 1.26 bits per heavy atom. The molecule has 1 aliphatic heterocycles. The highest BCUT2D eigenvalue weighted by atomic mass is 32.1. The van der Waals surface area contributed by atoms with Crippen LogP contribution in [-0.4, -0.2) is 51.3 Å². The molecule has 146 valence electrons. The minimum absolute atomic E-state index is 0.316. The predicted octanol–water partition coefficient (Wildman–Crippen LogP) is 3.05. The molecule has 0 radical (unpaired) electrons. The summed E-state index contributed by atoms with van der Waals surface area (Å²) in [5.74, 6) is 0.847. The molecule has 0 saturated carbocycles. The molecule has 1 atom stereocenters. The molecule has 6 heteroatoms. The minimum atomic E-state index is 0.316. The third kappa shape index (κ3) is 5.54. The zero-order chi connectivity index (χ0) is 18.9. The van der Waals surface area contributed by atoms with Crippen LogP contribution in [0, 0.1) is 0 Å². The van der Waals surface area contributed by atoms with Crippen LogP contribution in [0.3, 0.4) is 0 Å². The Balaban J connectivity index is 1.64. The molecule has 0 aliphatic carbocycles. The standard InChI is InChI=1S/C21H30N4OS/c1-22-21(23-11-6-13-26-2)24-15-19(17-7-4-3-5-8-17)25-12-9-20-18(16-25)10-14-27-20/h3-5,7-8,10,14,19H,6,9,11-13,15-16H2,1-2H3,(H2,22,23,24). The Kier molecular flexibility index (Phi) is 7.68. The van der Waals surface area contributed by atoms with E-state index in [1.54, 1.807) is 12.0 Å². The summed E-state index contributed by atoms with van der Waals surface area (Å²) < 4.78 is 5.11. The van der Waals surface area contributed by atoms with Gasteiger partial charge in [-0.25, -0.2) is 0 Å². The first-order chi connectivity index (χ1) is 13.3. The molecule has 2 aromatic rings. The average molecular weight is 387 g/mol. The van der Waals surface area contributed by atoms with E-state index in [-0.39, 0.29) is 0 Å². The summed E-state index contributed by atoms with van der Waals surface area (Å²) in [4.78, 5) is 8.48. The van der Waals surface area contributed by atoms with Crippen molar-refractivity contribution in [3.63, 3.8) is 0 Å². The number of methoxy groups -OCH3 is 1. The number of aliphatic imine (C=N–C) groups is 1. The zero-order valence-electron chi connectivity index (χ0n) is 16.3. The van der Waals surface area contributed by atoms with Gasteiger partial charge in [0.15, 0.2) is 5.96 Å². The van der Waals surface area contributed by atoms with Crippen LogP contribution >= 0.6 is 11.3 Å². The third-order valence-electron chi connectivity index (χ3n) is 4.97. The molecule has 0 amide bonds. The van der Waals surface area contributed by atoms with Gasteiger partial charge in [-0.15, -0.1) is 11.3 Å². The number of nitrogens with one attached hydrogen (secondary N) is 2. The number of fused-ring (bicyclic) bond motifs is 1. The van der Waals surface area contributed by atoms with Crippen molar-refractivity contribution in [2.24, 2.45) is 4.99 Å². The fourth-order valence-electron chi connectivity index (χ4n) is 3.51. The molecule has 1 aromatic heterocycles. The summed E-state index contributed by atoms with van der Waals surface area (Å²) in [5, 5.41) is 9.10. The van der Waals surface area contributed by atoms with E-state index in [0.717, 1.165) is 51.6 Å². The zero-order valence-corrected chi connectivity index (χ0v) is 17.1. The number of ether oxygens (including phenoxy) is 1. The monoisotopic (exact) mass is 386 g/mol. The third-order valence-corrected chi connectivity index (χ3v) is 5.99. The van der Waals surface area contributed by atoms with E-state index in [1.807, 2.05) is 18.4 Å². The van der Waals surface area contributed by atoms with Crippen LogP contribution in [0.2, 0.25) is 0 Å². The average Bonchev–Trinajstić information content (AvgIpc) is 3.18. The number of thiophene rings is 1. The number of guanidine groups is 1. The van der Waals surface area contributed by atoms with E-state index >= 15 is 0 Å². The minimum Gasteiger partial charge on any atom is -0.385 e. The smallest absolute Gasteiger partial charge is 0.191 e. The molecular formula is C21H30N4OS. The highest BCUT2D eigenvalue weighted by Crippen LogP contribution is 2.30. The molecule has 1 aliphatic rings. The van der Waals surface area contributed by atoms with Crippen molar-refractivity contribution >= 4 is 17.3 Å². The second-order valence-corrected chi connectivity index (χ2v) is 7.74. The van der Waals surface area contributed by atoms with Gasteiger partial charge in [0, 0.05) is 51.8 Å². The van der Waals surface area contributed by atoms with Crippen LogP contribution in [0.15, 0.2) is 46.8 Å². The summed E-state index contributed by atoms with van der Waals surface area (Å²) in [6.07, 6.45) is 2.10. The van der Waals surface area contributed by atoms with Crippen LogP contribution < -0.4 is 10.6 Å². The number of rotatable bonds is 8. The fourth-order valence-corrected chi connectivity index (χ4v) is 4.40. The van der Waals surface area contributed by atoms with E-state index < -0.39 is 0 Å². The lowest BCUT2D eigenvalue weighted by molar-refractivity contribution is 0.180. The van der Waals surface area contributed by atoms with Crippen LogP contribution in [0.4, 0.5) is 0 Å². The van der Waals surface area contributed by atoms with E-state index in [0.29, 0.717) is 6.04 Å². The molecule has 1 aromatic carbocycles. The number of nitrogens with zero attached hydrogens (tertiary/aromatic N) is 2. The molecule has 1 unspecified atom stereocenters. The maximum atomic E-state index is 5.11. The van der Waals surface area contributed by atoms with Crippen molar-refractivity contribution < 1.29 is 4.74 Å². The lowest BCUT2D eigenvalue weighted by Crippen LogP contribution is -2.44. The normalized spacial score (nSPS) is 16.0. The molecule has 0 bridgehead atoms. The van der Waals surface area contributed by atoms with Gasteiger partial charge in [0.25, 0.3) is 0 Å². The van der Waals surface area contributed by atoms with Crippen molar-refractivity contribution in [3.8, 4) is 0 Å². The van der Waals surface area contributed by atoms with Gasteiger partial charge in [0.1, 0.15) is 0 Å². The van der Waals surface area contributed by atoms with Gasteiger partial charge in [-0.05, 0) is 35.4 Å². The first-order valence-corrected chi connectivity index (χ1v) is 10.5. The quantitative estimate of drug-likeness (QED) is 0.416. The molecule has 0 spiro atoms. The largest absolute Gasteiger partial charge is 0.385 e. The van der Waals surface area contributed by atoms with Crippen LogP contribution in [0.1, 0.15) is 28.5 Å². The van der Waals surface area contributed by atoms with Crippen LogP contribution in [0.5, 0.6) is 0 Å². The molecule has 0 saturated heterocycles. The summed E-state index contributed by atoms with van der Waals surface area (Å²) in [5.41, 5.74) is 2.83. The Morgan fingerprint density at radius 3 is 2.89 bits per heavy atom. The van der Waals surface area contributed by atoms with E-state index in [1.165, 1.54) is 11.1 Å². The first kappa shape index (κ1) is 19.9. The molecule has 2 heterocycles.